The van der Waals surface area contributed by atoms with Crippen molar-refractivity contribution in [3.8, 4) is 0 Å². The number of aromatic nitrogens is 2. The molecule has 1 aromatic heterocycles. The SMILES string of the molecule is CC(C)CCCCNc1cn[nH]c(=O)c1. The molecule has 0 unspecified atom stereocenters. The number of aromatic amines is 1. The fraction of sp³-hybridized carbons (Fsp3) is 0.636. The van der Waals surface area contributed by atoms with E-state index in [-0.39, 0.29) is 5.56 Å². The Labute approximate surface area is 90.1 Å². The van der Waals surface area contributed by atoms with Crippen molar-refractivity contribution in [1.29, 1.82) is 0 Å². The molecule has 1 heterocycles. The summed E-state index contributed by atoms with van der Waals surface area (Å²) in [7, 11) is 0. The van der Waals surface area contributed by atoms with Crippen LogP contribution in [-0.4, -0.2) is 16.7 Å². The van der Waals surface area contributed by atoms with Crippen LogP contribution < -0.4 is 10.9 Å². The topological polar surface area (TPSA) is 57.8 Å². The average molecular weight is 209 g/mol. The van der Waals surface area contributed by atoms with Crippen LogP contribution in [0.2, 0.25) is 0 Å². The summed E-state index contributed by atoms with van der Waals surface area (Å²) in [5.41, 5.74) is 0.630. The Morgan fingerprint density at radius 3 is 2.93 bits per heavy atom. The number of nitrogens with zero attached hydrogens (tertiary/aromatic N) is 1. The van der Waals surface area contributed by atoms with E-state index in [1.54, 1.807) is 6.20 Å². The second-order valence-corrected chi connectivity index (χ2v) is 4.15. The van der Waals surface area contributed by atoms with Gasteiger partial charge in [0, 0.05) is 12.6 Å². The van der Waals surface area contributed by atoms with Gasteiger partial charge in [-0.25, -0.2) is 5.10 Å². The monoisotopic (exact) mass is 209 g/mol. The molecule has 15 heavy (non-hydrogen) atoms. The highest BCUT2D eigenvalue weighted by Crippen LogP contribution is 2.06. The van der Waals surface area contributed by atoms with Gasteiger partial charge < -0.3 is 5.32 Å². The normalized spacial score (nSPS) is 10.6. The van der Waals surface area contributed by atoms with Gasteiger partial charge in [0.05, 0.1) is 11.9 Å². The summed E-state index contributed by atoms with van der Waals surface area (Å²) in [6, 6.07) is 1.52. The zero-order chi connectivity index (χ0) is 11.1. The van der Waals surface area contributed by atoms with E-state index in [2.05, 4.69) is 29.4 Å². The van der Waals surface area contributed by atoms with Crippen molar-refractivity contribution in [2.24, 2.45) is 5.92 Å². The number of nitrogens with one attached hydrogen (secondary N) is 2. The third-order valence-corrected chi connectivity index (χ3v) is 2.20. The Bertz CT molecular complexity index is 333. The smallest absolute Gasteiger partial charge is 0.266 e. The average Bonchev–Trinajstić information content (AvgIpc) is 2.17. The first kappa shape index (κ1) is 11.8. The maximum absolute atomic E-state index is 10.9. The summed E-state index contributed by atoms with van der Waals surface area (Å²) in [6.45, 7) is 5.36. The van der Waals surface area contributed by atoms with Crippen LogP contribution in [0.1, 0.15) is 33.1 Å². The van der Waals surface area contributed by atoms with Gasteiger partial charge in [-0.05, 0) is 12.3 Å². The lowest BCUT2D eigenvalue weighted by molar-refractivity contribution is 0.545. The molecule has 4 heteroatoms. The zero-order valence-corrected chi connectivity index (χ0v) is 9.42. The van der Waals surface area contributed by atoms with Gasteiger partial charge in [0.1, 0.15) is 0 Å². The van der Waals surface area contributed by atoms with Crippen molar-refractivity contribution in [1.82, 2.24) is 10.2 Å². The van der Waals surface area contributed by atoms with E-state index in [0.717, 1.165) is 24.6 Å². The van der Waals surface area contributed by atoms with Crippen LogP contribution in [-0.2, 0) is 0 Å². The predicted octanol–water partition coefficient (Wildman–Crippen LogP) is 2.01. The Balaban J connectivity index is 2.18. The molecule has 0 bridgehead atoms. The second kappa shape index (κ2) is 6.22. The first-order valence-electron chi connectivity index (χ1n) is 5.47. The zero-order valence-electron chi connectivity index (χ0n) is 9.42. The van der Waals surface area contributed by atoms with E-state index in [9.17, 15) is 4.79 Å². The van der Waals surface area contributed by atoms with Crippen LogP contribution >= 0.6 is 0 Å². The summed E-state index contributed by atoms with van der Waals surface area (Å²) in [5.74, 6) is 0.770. The predicted molar refractivity (Wildman–Crippen MR) is 62.0 cm³/mol. The second-order valence-electron chi connectivity index (χ2n) is 4.15. The third kappa shape index (κ3) is 5.20. The van der Waals surface area contributed by atoms with Crippen LogP contribution in [0, 0.1) is 5.92 Å². The highest BCUT2D eigenvalue weighted by molar-refractivity contribution is 5.38. The minimum atomic E-state index is -0.165. The molecule has 0 atom stereocenters. The van der Waals surface area contributed by atoms with E-state index < -0.39 is 0 Å². The van der Waals surface area contributed by atoms with Crippen molar-refractivity contribution < 1.29 is 0 Å². The molecule has 0 aliphatic carbocycles. The molecule has 0 aromatic carbocycles. The number of unbranched alkanes of at least 4 members (excludes halogenated alkanes) is 1. The molecule has 0 aliphatic heterocycles. The van der Waals surface area contributed by atoms with Crippen molar-refractivity contribution in [2.75, 3.05) is 11.9 Å². The van der Waals surface area contributed by atoms with E-state index in [1.807, 2.05) is 0 Å². The van der Waals surface area contributed by atoms with Crippen molar-refractivity contribution in [2.45, 2.75) is 33.1 Å². The lowest BCUT2D eigenvalue weighted by Crippen LogP contribution is -2.09. The molecule has 0 saturated carbocycles. The van der Waals surface area contributed by atoms with Crippen molar-refractivity contribution >= 4 is 5.69 Å². The van der Waals surface area contributed by atoms with Crippen molar-refractivity contribution in [3.63, 3.8) is 0 Å². The van der Waals surface area contributed by atoms with Gasteiger partial charge in [0.25, 0.3) is 5.56 Å². The minimum absolute atomic E-state index is 0.165. The highest BCUT2D eigenvalue weighted by atomic mass is 16.1. The number of anilines is 1. The Morgan fingerprint density at radius 2 is 2.27 bits per heavy atom. The maximum atomic E-state index is 10.9. The molecular weight excluding hydrogens is 190 g/mol. The summed E-state index contributed by atoms with van der Waals surface area (Å²) < 4.78 is 0. The van der Waals surface area contributed by atoms with Crippen molar-refractivity contribution in [3.05, 3.63) is 22.6 Å². The molecule has 0 fully saturated rings. The molecular formula is C11H19N3O. The number of hydrogen-bond acceptors (Lipinski definition) is 3. The summed E-state index contributed by atoms with van der Waals surface area (Å²) >= 11 is 0. The highest BCUT2D eigenvalue weighted by Gasteiger charge is 1.95. The lowest BCUT2D eigenvalue weighted by atomic mass is 10.1. The van der Waals surface area contributed by atoms with Gasteiger partial charge in [-0.15, -0.1) is 0 Å². The standard InChI is InChI=1S/C11H19N3O/c1-9(2)5-3-4-6-12-10-7-11(15)14-13-8-10/h7-9H,3-6H2,1-2H3,(H2,12,14,15). The van der Waals surface area contributed by atoms with Gasteiger partial charge in [-0.3, -0.25) is 4.79 Å². The Kier molecular flexibility index (Phi) is 4.87. The molecule has 0 aliphatic rings. The molecule has 0 spiro atoms. The van der Waals surface area contributed by atoms with Gasteiger partial charge in [-0.2, -0.15) is 5.10 Å². The molecule has 0 amide bonds. The van der Waals surface area contributed by atoms with Gasteiger partial charge in [0.2, 0.25) is 0 Å². The number of hydrogen-bond donors (Lipinski definition) is 2. The Hall–Kier alpha value is -1.32. The first-order valence-corrected chi connectivity index (χ1v) is 5.47. The Morgan fingerprint density at radius 1 is 1.47 bits per heavy atom. The summed E-state index contributed by atoms with van der Waals surface area (Å²) in [6.07, 6.45) is 5.24. The molecule has 1 aromatic rings. The molecule has 1 rings (SSSR count). The minimum Gasteiger partial charge on any atom is -0.384 e. The lowest BCUT2D eigenvalue weighted by Gasteiger charge is -2.06. The van der Waals surface area contributed by atoms with Crippen LogP contribution in [0.15, 0.2) is 17.1 Å². The van der Waals surface area contributed by atoms with E-state index >= 15 is 0 Å². The summed E-state index contributed by atoms with van der Waals surface area (Å²) in [5, 5.41) is 9.23. The first-order chi connectivity index (χ1) is 7.18. The van der Waals surface area contributed by atoms with Gasteiger partial charge >= 0.3 is 0 Å². The fourth-order valence-electron chi connectivity index (χ4n) is 1.38. The molecule has 0 saturated heterocycles. The van der Waals surface area contributed by atoms with E-state index in [0.29, 0.717) is 0 Å². The summed E-state index contributed by atoms with van der Waals surface area (Å²) in [4.78, 5) is 10.9. The molecule has 84 valence electrons. The van der Waals surface area contributed by atoms with Crippen LogP contribution in [0.4, 0.5) is 5.69 Å². The fourth-order valence-corrected chi connectivity index (χ4v) is 1.38. The van der Waals surface area contributed by atoms with E-state index in [4.69, 9.17) is 0 Å². The van der Waals surface area contributed by atoms with E-state index in [1.165, 1.54) is 18.9 Å². The molecule has 2 N–H and O–H groups in total. The largest absolute Gasteiger partial charge is 0.384 e. The molecule has 4 nitrogen and oxygen atoms in total. The van der Waals surface area contributed by atoms with Gasteiger partial charge in [-0.1, -0.05) is 26.7 Å². The quantitative estimate of drug-likeness (QED) is 0.705. The number of H-pyrrole nitrogens is 1. The van der Waals surface area contributed by atoms with Gasteiger partial charge in [0.15, 0.2) is 0 Å². The maximum Gasteiger partial charge on any atom is 0.266 e. The number of rotatable bonds is 6. The van der Waals surface area contributed by atoms with Crippen LogP contribution in [0.25, 0.3) is 0 Å². The van der Waals surface area contributed by atoms with Crippen LogP contribution in [0.5, 0.6) is 0 Å². The molecule has 0 radical (unpaired) electrons. The third-order valence-electron chi connectivity index (χ3n) is 2.20. The van der Waals surface area contributed by atoms with Crippen LogP contribution in [0.3, 0.4) is 0 Å².